The van der Waals surface area contributed by atoms with Crippen molar-refractivity contribution < 1.29 is 9.13 Å². The minimum atomic E-state index is -0.477. The van der Waals surface area contributed by atoms with Gasteiger partial charge in [-0.15, -0.1) is 0 Å². The van der Waals surface area contributed by atoms with Gasteiger partial charge in [-0.25, -0.2) is 4.39 Å². The Balaban J connectivity index is 2.32. The number of hydrogen-bond acceptors (Lipinski definition) is 2. The van der Waals surface area contributed by atoms with E-state index in [1.54, 1.807) is 12.1 Å². The summed E-state index contributed by atoms with van der Waals surface area (Å²) in [6.07, 6.45) is 0.957. The van der Waals surface area contributed by atoms with Gasteiger partial charge in [0.1, 0.15) is 22.3 Å². The van der Waals surface area contributed by atoms with E-state index in [-0.39, 0.29) is 10.6 Å². The second-order valence-corrected chi connectivity index (χ2v) is 4.52. The van der Waals surface area contributed by atoms with Crippen molar-refractivity contribution in [3.8, 4) is 11.5 Å². The van der Waals surface area contributed by atoms with E-state index in [1.807, 2.05) is 24.3 Å². The molecule has 0 aliphatic heterocycles. The molecule has 0 aliphatic rings. The number of benzene rings is 2. The summed E-state index contributed by atoms with van der Waals surface area (Å²) < 4.78 is 19.3. The van der Waals surface area contributed by atoms with Crippen molar-refractivity contribution in [1.29, 1.82) is 0 Å². The predicted molar refractivity (Wildman–Crippen MR) is 78.2 cm³/mol. The van der Waals surface area contributed by atoms with Crippen LogP contribution in [0, 0.1) is 5.82 Å². The van der Waals surface area contributed by atoms with Gasteiger partial charge < -0.3 is 10.5 Å². The largest absolute Gasteiger partial charge is 0.457 e. The zero-order valence-corrected chi connectivity index (χ0v) is 11.3. The molecule has 0 aliphatic carbocycles. The van der Waals surface area contributed by atoms with Gasteiger partial charge in [0.25, 0.3) is 0 Å². The highest BCUT2D eigenvalue weighted by Gasteiger charge is 2.12. The molecule has 2 aromatic rings. The summed E-state index contributed by atoms with van der Waals surface area (Å²) >= 11 is 4.85. The van der Waals surface area contributed by atoms with Crippen molar-refractivity contribution in [2.45, 2.75) is 13.3 Å². The number of ether oxygens (including phenoxy) is 1. The van der Waals surface area contributed by atoms with Gasteiger partial charge in [-0.2, -0.15) is 0 Å². The van der Waals surface area contributed by atoms with E-state index in [4.69, 9.17) is 22.7 Å². The Labute approximate surface area is 117 Å². The van der Waals surface area contributed by atoms with Gasteiger partial charge in [-0.05, 0) is 36.2 Å². The average Bonchev–Trinajstić information content (AvgIpc) is 2.39. The third kappa shape index (κ3) is 3.09. The van der Waals surface area contributed by atoms with Gasteiger partial charge >= 0.3 is 0 Å². The number of nitrogens with two attached hydrogens (primary N) is 1. The minimum absolute atomic E-state index is 0.0155. The fourth-order valence-electron chi connectivity index (χ4n) is 1.75. The summed E-state index contributed by atoms with van der Waals surface area (Å²) in [7, 11) is 0. The molecule has 0 saturated carbocycles. The maximum atomic E-state index is 13.7. The summed E-state index contributed by atoms with van der Waals surface area (Å²) in [4.78, 5) is -0.0155. The summed E-state index contributed by atoms with van der Waals surface area (Å²) in [5.41, 5.74) is 6.87. The van der Waals surface area contributed by atoms with Gasteiger partial charge in [0.05, 0.1) is 5.56 Å². The third-order valence-corrected chi connectivity index (χ3v) is 2.99. The molecule has 2 N–H and O–H groups in total. The Morgan fingerprint density at radius 1 is 1.21 bits per heavy atom. The van der Waals surface area contributed by atoms with Crippen molar-refractivity contribution in [1.82, 2.24) is 0 Å². The summed E-state index contributed by atoms with van der Waals surface area (Å²) in [5.74, 6) is 0.479. The van der Waals surface area contributed by atoms with Crippen molar-refractivity contribution in [2.75, 3.05) is 0 Å². The molecule has 0 bridgehead atoms. The predicted octanol–water partition coefficient (Wildman–Crippen LogP) is 3.81. The fraction of sp³-hybridized carbons (Fsp3) is 0.133. The number of thiocarbonyl (C=S) groups is 1. The van der Waals surface area contributed by atoms with Crippen LogP contribution in [0.1, 0.15) is 18.1 Å². The van der Waals surface area contributed by atoms with Crippen LogP contribution in [0.4, 0.5) is 4.39 Å². The molecule has 4 heteroatoms. The highest BCUT2D eigenvalue weighted by Crippen LogP contribution is 2.27. The average molecular weight is 275 g/mol. The van der Waals surface area contributed by atoms with Crippen LogP contribution >= 0.6 is 12.2 Å². The van der Waals surface area contributed by atoms with E-state index in [9.17, 15) is 4.39 Å². The topological polar surface area (TPSA) is 35.2 Å². The Morgan fingerprint density at radius 3 is 2.47 bits per heavy atom. The molecule has 0 amide bonds. The van der Waals surface area contributed by atoms with Crippen LogP contribution in [0.3, 0.4) is 0 Å². The van der Waals surface area contributed by atoms with E-state index in [1.165, 1.54) is 11.6 Å². The Kier molecular flexibility index (Phi) is 4.12. The lowest BCUT2D eigenvalue weighted by molar-refractivity contribution is 0.475. The van der Waals surface area contributed by atoms with E-state index < -0.39 is 5.82 Å². The Bertz CT molecular complexity index is 596. The van der Waals surface area contributed by atoms with Crippen molar-refractivity contribution in [3.63, 3.8) is 0 Å². The second-order valence-electron chi connectivity index (χ2n) is 4.08. The molecule has 2 rings (SSSR count). The molecule has 0 heterocycles. The SMILES string of the molecule is CCc1ccc(Oc2cccc(F)c2C(N)=S)cc1. The summed E-state index contributed by atoms with van der Waals surface area (Å²) in [6.45, 7) is 2.08. The first-order valence-electron chi connectivity index (χ1n) is 5.97. The van der Waals surface area contributed by atoms with Crippen LogP contribution in [0.2, 0.25) is 0 Å². The highest BCUT2D eigenvalue weighted by atomic mass is 32.1. The number of hydrogen-bond donors (Lipinski definition) is 1. The van der Waals surface area contributed by atoms with Crippen LogP contribution in [0.25, 0.3) is 0 Å². The van der Waals surface area contributed by atoms with Crippen molar-refractivity contribution >= 4 is 17.2 Å². The molecular formula is C15H14FNOS. The van der Waals surface area contributed by atoms with Crippen LogP contribution in [0.15, 0.2) is 42.5 Å². The van der Waals surface area contributed by atoms with Gasteiger partial charge in [0.15, 0.2) is 0 Å². The first kappa shape index (κ1) is 13.5. The maximum absolute atomic E-state index is 13.7. The van der Waals surface area contributed by atoms with Crippen LogP contribution in [-0.4, -0.2) is 4.99 Å². The first-order chi connectivity index (χ1) is 9.11. The summed E-state index contributed by atoms with van der Waals surface area (Å²) in [6, 6.07) is 12.1. The molecule has 0 saturated heterocycles. The van der Waals surface area contributed by atoms with E-state index >= 15 is 0 Å². The lowest BCUT2D eigenvalue weighted by Crippen LogP contribution is -2.13. The van der Waals surface area contributed by atoms with Gasteiger partial charge in [-0.3, -0.25) is 0 Å². The molecule has 0 unspecified atom stereocenters. The molecule has 2 aromatic carbocycles. The first-order valence-corrected chi connectivity index (χ1v) is 6.37. The van der Waals surface area contributed by atoms with E-state index in [0.29, 0.717) is 11.5 Å². The van der Waals surface area contributed by atoms with Crippen molar-refractivity contribution in [3.05, 3.63) is 59.4 Å². The van der Waals surface area contributed by atoms with Gasteiger partial charge in [0, 0.05) is 0 Å². The van der Waals surface area contributed by atoms with Gasteiger partial charge in [0.2, 0.25) is 0 Å². The number of aryl methyl sites for hydroxylation is 1. The summed E-state index contributed by atoms with van der Waals surface area (Å²) in [5, 5.41) is 0. The quantitative estimate of drug-likeness (QED) is 0.862. The molecular weight excluding hydrogens is 261 g/mol. The molecule has 0 radical (unpaired) electrons. The fourth-order valence-corrected chi connectivity index (χ4v) is 1.95. The van der Waals surface area contributed by atoms with Crippen molar-refractivity contribution in [2.24, 2.45) is 5.73 Å². The van der Waals surface area contributed by atoms with E-state index in [2.05, 4.69) is 6.92 Å². The monoisotopic (exact) mass is 275 g/mol. The molecule has 0 atom stereocenters. The Hall–Kier alpha value is -1.94. The zero-order valence-electron chi connectivity index (χ0n) is 10.5. The molecule has 2 nitrogen and oxygen atoms in total. The Morgan fingerprint density at radius 2 is 1.89 bits per heavy atom. The zero-order chi connectivity index (χ0) is 13.8. The molecule has 98 valence electrons. The molecule has 0 aromatic heterocycles. The van der Waals surface area contributed by atoms with Gasteiger partial charge in [-0.1, -0.05) is 37.3 Å². The van der Waals surface area contributed by atoms with Crippen LogP contribution in [-0.2, 0) is 6.42 Å². The third-order valence-electron chi connectivity index (χ3n) is 2.78. The minimum Gasteiger partial charge on any atom is -0.457 e. The lowest BCUT2D eigenvalue weighted by Gasteiger charge is -2.11. The normalized spacial score (nSPS) is 10.2. The highest BCUT2D eigenvalue weighted by molar-refractivity contribution is 7.80. The molecule has 0 fully saturated rings. The molecule has 19 heavy (non-hydrogen) atoms. The molecule has 0 spiro atoms. The second kappa shape index (κ2) is 5.80. The standard InChI is InChI=1S/C15H14FNOS/c1-2-10-6-8-11(9-7-10)18-13-5-3-4-12(16)14(13)15(17)19/h3-9H,2H2,1H3,(H2,17,19). The number of rotatable bonds is 4. The maximum Gasteiger partial charge on any atom is 0.140 e. The smallest absolute Gasteiger partial charge is 0.140 e. The van der Waals surface area contributed by atoms with Crippen LogP contribution < -0.4 is 10.5 Å². The van der Waals surface area contributed by atoms with Crippen LogP contribution in [0.5, 0.6) is 11.5 Å². The van der Waals surface area contributed by atoms with E-state index in [0.717, 1.165) is 6.42 Å². The lowest BCUT2D eigenvalue weighted by atomic mass is 10.1. The number of halogens is 1.